The Morgan fingerprint density at radius 1 is 1.18 bits per heavy atom. The van der Waals surface area contributed by atoms with Gasteiger partial charge >= 0.3 is 0 Å². The molecular weight excluding hydrogens is 216 g/mol. The highest BCUT2D eigenvalue weighted by atomic mass is 16.5. The zero-order valence-corrected chi connectivity index (χ0v) is 9.92. The number of nitrogens with zero attached hydrogens (tertiary/aromatic N) is 4. The summed E-state index contributed by atoms with van der Waals surface area (Å²) in [6, 6.07) is 0. The second-order valence-electron chi connectivity index (χ2n) is 3.55. The van der Waals surface area contributed by atoms with Crippen LogP contribution in [0.3, 0.4) is 0 Å². The van der Waals surface area contributed by atoms with Crippen LogP contribution in [-0.2, 0) is 6.42 Å². The van der Waals surface area contributed by atoms with Gasteiger partial charge in [0.2, 0.25) is 5.88 Å². The molecule has 0 aromatic carbocycles. The van der Waals surface area contributed by atoms with Gasteiger partial charge in [0.25, 0.3) is 0 Å². The fourth-order valence-corrected chi connectivity index (χ4v) is 1.51. The van der Waals surface area contributed by atoms with Crippen LogP contribution < -0.4 is 4.74 Å². The quantitative estimate of drug-likeness (QED) is 0.802. The van der Waals surface area contributed by atoms with Gasteiger partial charge in [-0.3, -0.25) is 9.97 Å². The first kappa shape index (κ1) is 11.4. The number of hydrogen-bond donors (Lipinski definition) is 0. The topological polar surface area (TPSA) is 60.8 Å². The molecule has 2 rings (SSSR count). The smallest absolute Gasteiger partial charge is 0.226 e. The lowest BCUT2D eigenvalue weighted by atomic mass is 10.2. The molecule has 5 heteroatoms. The van der Waals surface area contributed by atoms with E-state index in [-0.39, 0.29) is 0 Å². The molecule has 0 bridgehead atoms. The van der Waals surface area contributed by atoms with E-state index in [1.54, 1.807) is 31.9 Å². The molecular formula is C12H14N4O. The van der Waals surface area contributed by atoms with Gasteiger partial charge in [-0.05, 0) is 6.42 Å². The van der Waals surface area contributed by atoms with Crippen LogP contribution in [0.1, 0.15) is 19.2 Å². The average molecular weight is 230 g/mol. The van der Waals surface area contributed by atoms with E-state index in [0.29, 0.717) is 11.6 Å². The molecule has 88 valence electrons. The van der Waals surface area contributed by atoms with E-state index in [2.05, 4.69) is 26.9 Å². The lowest BCUT2D eigenvalue weighted by Gasteiger charge is -2.07. The molecule has 2 aromatic heterocycles. The first-order valence-corrected chi connectivity index (χ1v) is 5.51. The fourth-order valence-electron chi connectivity index (χ4n) is 1.51. The summed E-state index contributed by atoms with van der Waals surface area (Å²) >= 11 is 0. The normalized spacial score (nSPS) is 10.2. The maximum atomic E-state index is 5.27. The monoisotopic (exact) mass is 230 g/mol. The summed E-state index contributed by atoms with van der Waals surface area (Å²) in [7, 11) is 1.60. The Kier molecular flexibility index (Phi) is 3.59. The summed E-state index contributed by atoms with van der Waals surface area (Å²) in [4.78, 5) is 16.9. The zero-order valence-electron chi connectivity index (χ0n) is 9.92. The minimum atomic E-state index is 0.545. The molecule has 0 unspecified atom stereocenters. The van der Waals surface area contributed by atoms with Crippen molar-refractivity contribution in [3.05, 3.63) is 30.6 Å². The van der Waals surface area contributed by atoms with E-state index < -0.39 is 0 Å². The van der Waals surface area contributed by atoms with Gasteiger partial charge in [0, 0.05) is 25.0 Å². The van der Waals surface area contributed by atoms with E-state index in [0.717, 1.165) is 24.2 Å². The van der Waals surface area contributed by atoms with Crippen molar-refractivity contribution >= 4 is 0 Å². The van der Waals surface area contributed by atoms with Crippen LogP contribution in [-0.4, -0.2) is 27.0 Å². The molecule has 0 saturated carbocycles. The van der Waals surface area contributed by atoms with Gasteiger partial charge in [0.1, 0.15) is 5.82 Å². The molecule has 0 aliphatic rings. The molecule has 2 heterocycles. The van der Waals surface area contributed by atoms with Gasteiger partial charge < -0.3 is 4.74 Å². The van der Waals surface area contributed by atoms with Crippen molar-refractivity contribution in [3.8, 4) is 17.1 Å². The van der Waals surface area contributed by atoms with E-state index in [1.165, 1.54) is 0 Å². The fraction of sp³-hybridized carbons (Fsp3) is 0.333. The van der Waals surface area contributed by atoms with Crippen molar-refractivity contribution in [3.63, 3.8) is 0 Å². The summed E-state index contributed by atoms with van der Waals surface area (Å²) in [6.45, 7) is 2.09. The molecule has 0 saturated heterocycles. The standard InChI is InChI=1S/C12H14N4O/c1-3-4-11-15-7-9(12(16-11)17-2)10-8-13-5-6-14-10/h5-8H,3-4H2,1-2H3. The summed E-state index contributed by atoms with van der Waals surface area (Å²) in [6.07, 6.45) is 8.52. The number of aromatic nitrogens is 4. The van der Waals surface area contributed by atoms with Crippen molar-refractivity contribution in [1.29, 1.82) is 0 Å². The van der Waals surface area contributed by atoms with Crippen LogP contribution in [0.5, 0.6) is 5.88 Å². The molecule has 0 aliphatic carbocycles. The van der Waals surface area contributed by atoms with E-state index >= 15 is 0 Å². The first-order valence-electron chi connectivity index (χ1n) is 5.51. The second kappa shape index (κ2) is 5.34. The number of methoxy groups -OCH3 is 1. The molecule has 0 atom stereocenters. The summed E-state index contributed by atoms with van der Waals surface area (Å²) < 4.78 is 5.27. The summed E-state index contributed by atoms with van der Waals surface area (Å²) in [5.74, 6) is 1.33. The van der Waals surface area contributed by atoms with Crippen molar-refractivity contribution in [2.75, 3.05) is 7.11 Å². The van der Waals surface area contributed by atoms with Gasteiger partial charge in [0.05, 0.1) is 24.6 Å². The number of ether oxygens (including phenoxy) is 1. The molecule has 0 N–H and O–H groups in total. The third-order valence-corrected chi connectivity index (χ3v) is 2.31. The molecule has 0 amide bonds. The van der Waals surface area contributed by atoms with Crippen LogP contribution in [0.4, 0.5) is 0 Å². The maximum absolute atomic E-state index is 5.27. The van der Waals surface area contributed by atoms with Crippen molar-refractivity contribution in [1.82, 2.24) is 19.9 Å². The SMILES string of the molecule is CCCc1ncc(-c2cnccn2)c(OC)n1. The zero-order chi connectivity index (χ0) is 12.1. The highest BCUT2D eigenvalue weighted by Crippen LogP contribution is 2.24. The first-order chi connectivity index (χ1) is 8.35. The van der Waals surface area contributed by atoms with Gasteiger partial charge in [-0.25, -0.2) is 4.98 Å². The van der Waals surface area contributed by atoms with Crippen LogP contribution in [0.25, 0.3) is 11.3 Å². The molecule has 0 spiro atoms. The predicted molar refractivity (Wildman–Crippen MR) is 63.6 cm³/mol. The molecule has 0 aliphatic heterocycles. The van der Waals surface area contributed by atoms with Gasteiger partial charge in [-0.15, -0.1) is 0 Å². The maximum Gasteiger partial charge on any atom is 0.226 e. The Bertz CT molecular complexity index is 487. The minimum Gasteiger partial charge on any atom is -0.480 e. The van der Waals surface area contributed by atoms with Crippen molar-refractivity contribution < 1.29 is 4.74 Å². The molecule has 2 aromatic rings. The number of hydrogen-bond acceptors (Lipinski definition) is 5. The van der Waals surface area contributed by atoms with Crippen LogP contribution >= 0.6 is 0 Å². The van der Waals surface area contributed by atoms with E-state index in [4.69, 9.17) is 4.74 Å². The van der Waals surface area contributed by atoms with Gasteiger partial charge in [-0.2, -0.15) is 4.98 Å². The van der Waals surface area contributed by atoms with Crippen LogP contribution in [0.15, 0.2) is 24.8 Å². The summed E-state index contributed by atoms with van der Waals surface area (Å²) in [5, 5.41) is 0. The number of rotatable bonds is 4. The highest BCUT2D eigenvalue weighted by molar-refractivity contribution is 5.62. The molecule has 0 radical (unpaired) electrons. The van der Waals surface area contributed by atoms with Crippen molar-refractivity contribution in [2.45, 2.75) is 19.8 Å². The van der Waals surface area contributed by atoms with Gasteiger partial charge in [-0.1, -0.05) is 6.92 Å². The van der Waals surface area contributed by atoms with E-state index in [9.17, 15) is 0 Å². The third kappa shape index (κ3) is 2.55. The highest BCUT2D eigenvalue weighted by Gasteiger charge is 2.10. The van der Waals surface area contributed by atoms with Gasteiger partial charge in [0.15, 0.2) is 0 Å². The van der Waals surface area contributed by atoms with Crippen LogP contribution in [0.2, 0.25) is 0 Å². The Morgan fingerprint density at radius 3 is 2.71 bits per heavy atom. The van der Waals surface area contributed by atoms with Crippen molar-refractivity contribution in [2.24, 2.45) is 0 Å². The Morgan fingerprint density at radius 2 is 2.06 bits per heavy atom. The predicted octanol–water partition coefficient (Wildman–Crippen LogP) is 1.89. The Labute approximate surface area is 99.9 Å². The Balaban J connectivity index is 2.41. The average Bonchev–Trinajstić information content (AvgIpc) is 2.40. The third-order valence-electron chi connectivity index (χ3n) is 2.31. The number of aryl methyl sites for hydroxylation is 1. The summed E-state index contributed by atoms with van der Waals surface area (Å²) in [5.41, 5.74) is 1.48. The largest absolute Gasteiger partial charge is 0.480 e. The van der Waals surface area contributed by atoms with E-state index in [1.807, 2.05) is 0 Å². The minimum absolute atomic E-state index is 0.545. The lowest BCUT2D eigenvalue weighted by Crippen LogP contribution is -2.00. The second-order valence-corrected chi connectivity index (χ2v) is 3.55. The lowest BCUT2D eigenvalue weighted by molar-refractivity contribution is 0.396. The molecule has 0 fully saturated rings. The molecule has 17 heavy (non-hydrogen) atoms. The Hall–Kier alpha value is -2.04. The molecule has 5 nitrogen and oxygen atoms in total. The van der Waals surface area contributed by atoms with Crippen LogP contribution in [0, 0.1) is 0 Å².